The maximum Gasteiger partial charge on any atom is 0.282 e. The minimum Gasteiger partial charge on any atom is -0.505 e. The van der Waals surface area contributed by atoms with Crippen LogP contribution < -0.4 is 9.80 Å². The zero-order valence-corrected chi connectivity index (χ0v) is 12.4. The Morgan fingerprint density at radius 3 is 2.61 bits per heavy atom. The summed E-state index contributed by atoms with van der Waals surface area (Å²) in [5, 5.41) is 22.4. The molecule has 23 heavy (non-hydrogen) atoms. The predicted molar refractivity (Wildman–Crippen MR) is 87.2 cm³/mol. The van der Waals surface area contributed by atoms with Gasteiger partial charge in [-0.1, -0.05) is 36.4 Å². The second-order valence-corrected chi connectivity index (χ2v) is 5.00. The molecule has 0 aliphatic carbocycles. The van der Waals surface area contributed by atoms with Crippen molar-refractivity contribution in [3.8, 4) is 11.5 Å². The third kappa shape index (κ3) is 2.69. The Kier molecular flexibility index (Phi) is 3.87. The molecule has 0 fully saturated rings. The molecular weight excluding hydrogens is 294 g/mol. The molecule has 116 valence electrons. The highest BCUT2D eigenvalue weighted by molar-refractivity contribution is 6.07. The number of methoxy groups -OCH3 is 1. The van der Waals surface area contributed by atoms with E-state index in [9.17, 15) is 15.1 Å². The molecule has 2 N–H and O–H groups in total. The van der Waals surface area contributed by atoms with Crippen molar-refractivity contribution in [2.75, 3.05) is 12.2 Å². The molecule has 0 saturated heterocycles. The van der Waals surface area contributed by atoms with Crippen LogP contribution in [0.4, 0.5) is 5.69 Å². The number of rotatable bonds is 3. The second kappa shape index (κ2) is 5.98. The first-order valence-electron chi connectivity index (χ1n) is 7.00. The number of aromatic hydroxyl groups is 1. The van der Waals surface area contributed by atoms with Gasteiger partial charge in [0, 0.05) is 10.9 Å². The van der Waals surface area contributed by atoms with Gasteiger partial charge in [0.15, 0.2) is 0 Å². The molecule has 3 aromatic carbocycles. The summed E-state index contributed by atoms with van der Waals surface area (Å²) in [5.41, 5.74) is 0.274. The number of carbonyl (C=O) groups is 1. The summed E-state index contributed by atoms with van der Waals surface area (Å²) in [6.45, 7) is 0. The smallest absolute Gasteiger partial charge is 0.282 e. The predicted octanol–water partition coefficient (Wildman–Crippen LogP) is 3.59. The van der Waals surface area contributed by atoms with Gasteiger partial charge < -0.3 is 9.84 Å². The SMILES string of the molecule is COc1cccc(C(=O)N(O)c2ccc3ccccc3c2O)c1. The first-order chi connectivity index (χ1) is 11.1. The molecule has 0 spiro atoms. The number of benzene rings is 3. The second-order valence-electron chi connectivity index (χ2n) is 5.00. The molecule has 0 atom stereocenters. The molecule has 0 aromatic heterocycles. The molecule has 0 heterocycles. The van der Waals surface area contributed by atoms with Gasteiger partial charge in [-0.3, -0.25) is 10.0 Å². The molecule has 5 nitrogen and oxygen atoms in total. The number of ether oxygens (including phenoxy) is 1. The third-order valence-electron chi connectivity index (χ3n) is 3.62. The lowest BCUT2D eigenvalue weighted by Gasteiger charge is -2.17. The van der Waals surface area contributed by atoms with E-state index < -0.39 is 5.91 Å². The molecule has 0 unspecified atom stereocenters. The lowest BCUT2D eigenvalue weighted by molar-refractivity contribution is 0.0852. The summed E-state index contributed by atoms with van der Waals surface area (Å²) in [6.07, 6.45) is 0. The van der Waals surface area contributed by atoms with Gasteiger partial charge in [0.05, 0.1) is 7.11 Å². The first-order valence-corrected chi connectivity index (χ1v) is 7.00. The van der Waals surface area contributed by atoms with Crippen molar-refractivity contribution in [2.24, 2.45) is 0 Å². The van der Waals surface area contributed by atoms with E-state index in [0.717, 1.165) is 5.39 Å². The van der Waals surface area contributed by atoms with E-state index in [1.807, 2.05) is 12.1 Å². The van der Waals surface area contributed by atoms with Crippen molar-refractivity contribution in [2.45, 2.75) is 0 Å². The van der Waals surface area contributed by atoms with E-state index in [-0.39, 0.29) is 17.0 Å². The van der Waals surface area contributed by atoms with E-state index in [2.05, 4.69) is 0 Å². The average Bonchev–Trinajstić information content (AvgIpc) is 2.61. The molecule has 3 rings (SSSR count). The number of amides is 1. The molecular formula is C18H15NO4. The maximum absolute atomic E-state index is 12.4. The van der Waals surface area contributed by atoms with Crippen molar-refractivity contribution < 1.29 is 19.8 Å². The average molecular weight is 309 g/mol. The number of fused-ring (bicyclic) bond motifs is 1. The van der Waals surface area contributed by atoms with Crippen molar-refractivity contribution in [1.29, 1.82) is 0 Å². The van der Waals surface area contributed by atoms with Crippen LogP contribution in [0.15, 0.2) is 60.7 Å². The Bertz CT molecular complexity index is 876. The molecule has 1 amide bonds. The third-order valence-corrected chi connectivity index (χ3v) is 3.62. The van der Waals surface area contributed by atoms with Gasteiger partial charge in [-0.05, 0) is 29.7 Å². The normalized spacial score (nSPS) is 10.5. The van der Waals surface area contributed by atoms with E-state index in [4.69, 9.17) is 4.74 Å². The lowest BCUT2D eigenvalue weighted by Crippen LogP contribution is -2.27. The fraction of sp³-hybridized carbons (Fsp3) is 0.0556. The monoisotopic (exact) mass is 309 g/mol. The largest absolute Gasteiger partial charge is 0.505 e. The van der Waals surface area contributed by atoms with Crippen LogP contribution in [0.1, 0.15) is 10.4 Å². The Labute approximate surface area is 132 Å². The van der Waals surface area contributed by atoms with Crippen molar-refractivity contribution in [1.82, 2.24) is 0 Å². The van der Waals surface area contributed by atoms with E-state index in [0.29, 0.717) is 16.2 Å². The highest BCUT2D eigenvalue weighted by atomic mass is 16.5. The Morgan fingerprint density at radius 1 is 1.04 bits per heavy atom. The summed E-state index contributed by atoms with van der Waals surface area (Å²) in [6, 6.07) is 16.8. The van der Waals surface area contributed by atoms with Gasteiger partial charge in [-0.25, -0.2) is 0 Å². The first kappa shape index (κ1) is 14.9. The summed E-state index contributed by atoms with van der Waals surface area (Å²) in [5.74, 6) is -0.302. The van der Waals surface area contributed by atoms with Gasteiger partial charge >= 0.3 is 0 Å². The summed E-state index contributed by atoms with van der Waals surface area (Å²) in [4.78, 5) is 12.4. The van der Waals surface area contributed by atoms with Crippen LogP contribution in [0.2, 0.25) is 0 Å². The number of carbonyl (C=O) groups excluding carboxylic acids is 1. The van der Waals surface area contributed by atoms with Crippen molar-refractivity contribution in [3.63, 3.8) is 0 Å². The van der Waals surface area contributed by atoms with Gasteiger partial charge in [-0.2, -0.15) is 5.06 Å². The zero-order valence-electron chi connectivity index (χ0n) is 12.4. The van der Waals surface area contributed by atoms with Crippen molar-refractivity contribution in [3.05, 3.63) is 66.2 Å². The number of phenolic OH excluding ortho intramolecular Hbond substituents is 1. The summed E-state index contributed by atoms with van der Waals surface area (Å²) >= 11 is 0. The van der Waals surface area contributed by atoms with Crippen LogP contribution in [-0.2, 0) is 0 Å². The highest BCUT2D eigenvalue weighted by Crippen LogP contribution is 2.35. The number of anilines is 1. The quantitative estimate of drug-likeness (QED) is 0.573. The molecule has 0 saturated carbocycles. The molecule has 0 bridgehead atoms. The standard InChI is InChI=1S/C18H15NO4/c1-23-14-7-4-6-13(11-14)18(21)19(22)16-10-9-12-5-2-3-8-15(12)17(16)20/h2-11,20,22H,1H3. The number of hydrogen-bond acceptors (Lipinski definition) is 4. The summed E-state index contributed by atoms with van der Waals surface area (Å²) < 4.78 is 5.07. The van der Waals surface area contributed by atoms with Gasteiger partial charge in [0.25, 0.3) is 5.91 Å². The number of nitrogens with zero attached hydrogens (tertiary/aromatic N) is 1. The van der Waals surface area contributed by atoms with Crippen LogP contribution in [-0.4, -0.2) is 23.3 Å². The van der Waals surface area contributed by atoms with E-state index in [1.54, 1.807) is 36.4 Å². The Balaban J connectivity index is 2.00. The fourth-order valence-electron chi connectivity index (χ4n) is 2.40. The topological polar surface area (TPSA) is 70.0 Å². The molecule has 3 aromatic rings. The van der Waals surface area contributed by atoms with Gasteiger partial charge in [0.1, 0.15) is 17.2 Å². The van der Waals surface area contributed by atoms with Crippen LogP contribution in [0.25, 0.3) is 10.8 Å². The number of hydroxylamine groups is 1. The van der Waals surface area contributed by atoms with Gasteiger partial charge in [-0.15, -0.1) is 0 Å². The van der Waals surface area contributed by atoms with Gasteiger partial charge in [0.2, 0.25) is 0 Å². The number of phenols is 1. The summed E-state index contributed by atoms with van der Waals surface area (Å²) in [7, 11) is 1.50. The molecule has 5 heteroatoms. The van der Waals surface area contributed by atoms with E-state index >= 15 is 0 Å². The minimum atomic E-state index is -0.658. The van der Waals surface area contributed by atoms with Crippen LogP contribution in [0, 0.1) is 0 Å². The van der Waals surface area contributed by atoms with Crippen LogP contribution >= 0.6 is 0 Å². The van der Waals surface area contributed by atoms with Crippen molar-refractivity contribution >= 4 is 22.4 Å². The maximum atomic E-state index is 12.4. The van der Waals surface area contributed by atoms with Crippen LogP contribution in [0.3, 0.4) is 0 Å². The molecule has 0 radical (unpaired) electrons. The minimum absolute atomic E-state index is 0.0246. The highest BCUT2D eigenvalue weighted by Gasteiger charge is 2.20. The Morgan fingerprint density at radius 2 is 1.83 bits per heavy atom. The zero-order chi connectivity index (χ0) is 16.4. The molecule has 0 aliphatic rings. The lowest BCUT2D eigenvalue weighted by atomic mass is 10.1. The number of hydrogen-bond donors (Lipinski definition) is 2. The van der Waals surface area contributed by atoms with E-state index in [1.165, 1.54) is 19.2 Å². The van der Waals surface area contributed by atoms with Crippen LogP contribution in [0.5, 0.6) is 11.5 Å². The molecule has 0 aliphatic heterocycles. The fourth-order valence-corrected chi connectivity index (χ4v) is 2.40. The Hall–Kier alpha value is -3.05.